The number of esters is 1. The quantitative estimate of drug-likeness (QED) is 0.207. The third-order valence-electron chi connectivity index (χ3n) is 5.44. The van der Waals surface area contributed by atoms with Crippen molar-refractivity contribution in [1.29, 1.82) is 0 Å². The molecule has 0 aliphatic carbocycles. The number of carbonyl (C=O) groups is 1. The highest BCUT2D eigenvalue weighted by molar-refractivity contribution is 7.92. The number of aliphatic hydroxyl groups excluding tert-OH is 1. The third-order valence-corrected chi connectivity index (χ3v) is 6.03. The number of carbonyl (C=O) groups excluding carboxylic acids is 1. The normalized spacial score (nSPS) is 13.0. The van der Waals surface area contributed by atoms with Gasteiger partial charge in [0.1, 0.15) is 18.1 Å². The molecule has 3 aromatic rings. The smallest absolute Gasteiger partial charge is 0.338 e. The van der Waals surface area contributed by atoms with E-state index in [4.69, 9.17) is 9.47 Å². The average molecular weight is 529 g/mol. The summed E-state index contributed by atoms with van der Waals surface area (Å²) in [6, 6.07) is 19.0. The first-order valence-electron chi connectivity index (χ1n) is 11.8. The molecule has 0 radical (unpaired) electrons. The van der Waals surface area contributed by atoms with Crippen LogP contribution >= 0.6 is 0 Å². The highest BCUT2D eigenvalue weighted by Gasteiger charge is 2.14. The van der Waals surface area contributed by atoms with Crippen molar-refractivity contribution in [2.45, 2.75) is 26.0 Å². The second-order valence-corrected chi connectivity index (χ2v) is 10.4. The number of aromatic hydroxyl groups is 1. The van der Waals surface area contributed by atoms with Crippen LogP contribution < -0.4 is 14.8 Å². The summed E-state index contributed by atoms with van der Waals surface area (Å²) in [4.78, 5) is 11.8. The van der Waals surface area contributed by atoms with Gasteiger partial charge in [-0.05, 0) is 66.9 Å². The van der Waals surface area contributed by atoms with Crippen LogP contribution in [0.5, 0.6) is 11.5 Å². The molecule has 37 heavy (non-hydrogen) atoms. The monoisotopic (exact) mass is 528 g/mol. The van der Waals surface area contributed by atoms with Crippen molar-refractivity contribution in [2.24, 2.45) is 0 Å². The van der Waals surface area contributed by atoms with Crippen LogP contribution in [0.3, 0.4) is 0 Å². The number of aliphatic hydroxyl groups is 1. The van der Waals surface area contributed by atoms with Gasteiger partial charge in [-0.15, -0.1) is 0 Å². The predicted molar refractivity (Wildman–Crippen MR) is 142 cm³/mol. The van der Waals surface area contributed by atoms with E-state index in [2.05, 4.69) is 10.0 Å². The van der Waals surface area contributed by atoms with Gasteiger partial charge in [-0.3, -0.25) is 4.72 Å². The molecule has 10 heteroatoms. The van der Waals surface area contributed by atoms with E-state index in [1.807, 2.05) is 43.3 Å². The fourth-order valence-corrected chi connectivity index (χ4v) is 4.07. The zero-order valence-corrected chi connectivity index (χ0v) is 21.8. The first kappa shape index (κ1) is 28.0. The zero-order chi connectivity index (χ0) is 27.0. The molecule has 0 saturated carbocycles. The fraction of sp³-hybridized carbons (Fsp3) is 0.296. The van der Waals surface area contributed by atoms with Crippen LogP contribution in [-0.2, 0) is 14.8 Å². The second-order valence-electron chi connectivity index (χ2n) is 8.61. The molecule has 0 aliphatic heterocycles. The molecule has 3 aromatic carbocycles. The number of phenolic OH excluding ortho intramolecular Hbond substituents is 1. The van der Waals surface area contributed by atoms with Gasteiger partial charge in [0, 0.05) is 12.6 Å². The summed E-state index contributed by atoms with van der Waals surface area (Å²) in [6.45, 7) is 4.58. The maximum absolute atomic E-state index is 11.8. The third kappa shape index (κ3) is 8.49. The van der Waals surface area contributed by atoms with Gasteiger partial charge >= 0.3 is 5.97 Å². The summed E-state index contributed by atoms with van der Waals surface area (Å²) >= 11 is 0. The second kappa shape index (κ2) is 12.6. The molecule has 198 valence electrons. The minimum absolute atomic E-state index is 0.00817. The van der Waals surface area contributed by atoms with Gasteiger partial charge in [0.2, 0.25) is 10.0 Å². The Bertz CT molecular complexity index is 1290. The molecule has 0 aromatic heterocycles. The molecular weight excluding hydrogens is 496 g/mol. The molecule has 2 unspecified atom stereocenters. The Kier molecular flexibility index (Phi) is 9.51. The lowest BCUT2D eigenvalue weighted by Crippen LogP contribution is -2.34. The van der Waals surface area contributed by atoms with E-state index >= 15 is 0 Å². The summed E-state index contributed by atoms with van der Waals surface area (Å²) in [5.41, 5.74) is 2.92. The molecule has 0 bridgehead atoms. The molecule has 2 atom stereocenters. The first-order chi connectivity index (χ1) is 17.6. The Labute approximate surface area is 217 Å². The van der Waals surface area contributed by atoms with Crippen LogP contribution in [-0.4, -0.2) is 56.7 Å². The Morgan fingerprint density at radius 1 is 1.00 bits per heavy atom. The number of rotatable bonds is 12. The fourth-order valence-electron chi connectivity index (χ4n) is 3.51. The van der Waals surface area contributed by atoms with E-state index < -0.39 is 16.1 Å². The van der Waals surface area contributed by atoms with Crippen molar-refractivity contribution >= 4 is 21.7 Å². The average Bonchev–Trinajstić information content (AvgIpc) is 2.87. The first-order valence-corrected chi connectivity index (χ1v) is 13.7. The largest absolute Gasteiger partial charge is 0.506 e. The Hall–Kier alpha value is -3.60. The Balaban J connectivity index is 1.49. The van der Waals surface area contributed by atoms with Crippen molar-refractivity contribution in [3.05, 3.63) is 77.9 Å². The molecule has 0 fully saturated rings. The van der Waals surface area contributed by atoms with Crippen molar-refractivity contribution < 1.29 is 32.9 Å². The van der Waals surface area contributed by atoms with Crippen molar-refractivity contribution in [2.75, 3.05) is 30.7 Å². The van der Waals surface area contributed by atoms with Gasteiger partial charge in [-0.1, -0.05) is 30.3 Å². The van der Waals surface area contributed by atoms with Crippen molar-refractivity contribution in [1.82, 2.24) is 5.32 Å². The molecule has 0 spiro atoms. The van der Waals surface area contributed by atoms with Gasteiger partial charge in [-0.25, -0.2) is 13.2 Å². The van der Waals surface area contributed by atoms with Crippen molar-refractivity contribution in [3.63, 3.8) is 0 Å². The van der Waals surface area contributed by atoms with Crippen molar-refractivity contribution in [3.8, 4) is 22.6 Å². The number of nitrogens with one attached hydrogen (secondary N) is 2. The molecule has 0 saturated heterocycles. The molecule has 0 aliphatic rings. The van der Waals surface area contributed by atoms with E-state index in [9.17, 15) is 23.4 Å². The van der Waals surface area contributed by atoms with Crippen LogP contribution in [0.25, 0.3) is 11.1 Å². The number of sulfonamides is 1. The zero-order valence-electron chi connectivity index (χ0n) is 21.0. The van der Waals surface area contributed by atoms with Crippen LogP contribution in [0.1, 0.15) is 35.9 Å². The molecular formula is C27H32N2O7S. The van der Waals surface area contributed by atoms with Crippen LogP contribution in [0.4, 0.5) is 5.69 Å². The maximum atomic E-state index is 11.8. The molecule has 4 N–H and O–H groups in total. The van der Waals surface area contributed by atoms with E-state index in [1.54, 1.807) is 19.1 Å². The number of benzene rings is 3. The van der Waals surface area contributed by atoms with Gasteiger partial charge in [0.25, 0.3) is 0 Å². The molecule has 3 rings (SSSR count). The van der Waals surface area contributed by atoms with E-state index in [0.29, 0.717) is 30.1 Å². The minimum Gasteiger partial charge on any atom is -0.506 e. The lowest BCUT2D eigenvalue weighted by molar-refractivity contribution is 0.0526. The maximum Gasteiger partial charge on any atom is 0.338 e. The minimum atomic E-state index is -3.57. The predicted octanol–water partition coefficient (Wildman–Crippen LogP) is 3.70. The standard InChI is InChI=1S/C27H32N2O7S/c1-4-35-27(32)21-7-5-19(6-8-21)20-9-12-23(13-10-20)36-17-18(2)28-16-26(31)22-11-14-25(30)24(15-22)29-37(3,33)34/h5-15,18,26,28-31H,4,16-17H2,1-3H3. The van der Waals surface area contributed by atoms with Gasteiger partial charge in [-0.2, -0.15) is 0 Å². The molecule has 0 heterocycles. The van der Waals surface area contributed by atoms with Crippen LogP contribution in [0.15, 0.2) is 66.7 Å². The Morgan fingerprint density at radius 3 is 2.22 bits per heavy atom. The van der Waals surface area contributed by atoms with Gasteiger partial charge in [0.05, 0.1) is 30.2 Å². The molecule has 9 nitrogen and oxygen atoms in total. The number of hydrogen-bond acceptors (Lipinski definition) is 8. The van der Waals surface area contributed by atoms with Crippen LogP contribution in [0.2, 0.25) is 0 Å². The summed E-state index contributed by atoms with van der Waals surface area (Å²) in [5.74, 6) is 0.122. The SMILES string of the molecule is CCOC(=O)c1ccc(-c2ccc(OCC(C)NCC(O)c3ccc(O)c(NS(C)(=O)=O)c3)cc2)cc1. The Morgan fingerprint density at radius 2 is 1.62 bits per heavy atom. The topological polar surface area (TPSA) is 134 Å². The number of phenols is 1. The highest BCUT2D eigenvalue weighted by Crippen LogP contribution is 2.28. The van der Waals surface area contributed by atoms with Gasteiger partial charge in [0.15, 0.2) is 0 Å². The molecule has 0 amide bonds. The van der Waals surface area contributed by atoms with E-state index in [1.165, 1.54) is 18.2 Å². The van der Waals surface area contributed by atoms with Crippen LogP contribution in [0, 0.1) is 0 Å². The summed E-state index contributed by atoms with van der Waals surface area (Å²) < 4.78 is 36.0. The summed E-state index contributed by atoms with van der Waals surface area (Å²) in [5, 5.41) is 23.5. The lowest BCUT2D eigenvalue weighted by atomic mass is 10.0. The highest BCUT2D eigenvalue weighted by atomic mass is 32.2. The number of hydrogen-bond donors (Lipinski definition) is 4. The number of anilines is 1. The number of ether oxygens (including phenoxy) is 2. The summed E-state index contributed by atoms with van der Waals surface area (Å²) in [6.07, 6.45) is 0.0643. The summed E-state index contributed by atoms with van der Waals surface area (Å²) in [7, 11) is -3.57. The van der Waals surface area contributed by atoms with Gasteiger partial charge < -0.3 is 25.0 Å². The lowest BCUT2D eigenvalue weighted by Gasteiger charge is -2.19. The van der Waals surface area contributed by atoms with E-state index in [-0.39, 0.29) is 30.0 Å². The van der Waals surface area contributed by atoms with E-state index in [0.717, 1.165) is 17.4 Å².